The van der Waals surface area contributed by atoms with Gasteiger partial charge in [-0.05, 0) is 72.2 Å². The van der Waals surface area contributed by atoms with Gasteiger partial charge >= 0.3 is 0 Å². The monoisotopic (exact) mass is 551 g/mol. The maximum Gasteiger partial charge on any atom is 0.251 e. The number of likely N-dealkylation sites (N-methyl/N-ethyl adjacent to an activating group) is 1. The highest BCUT2D eigenvalue weighted by molar-refractivity contribution is 6.03. The normalized spacial score (nSPS) is 18.3. The highest BCUT2D eigenvalue weighted by Crippen LogP contribution is 2.34. The number of piperazine rings is 1. The molecule has 6 heteroatoms. The molecule has 2 atom stereocenters. The molecule has 0 aromatic heterocycles. The number of hydrogen-bond donors (Lipinski definition) is 1. The van der Waals surface area contributed by atoms with Gasteiger partial charge in [-0.1, -0.05) is 60.7 Å². The molecule has 214 valence electrons. The highest BCUT2D eigenvalue weighted by Gasteiger charge is 2.39. The van der Waals surface area contributed by atoms with Crippen molar-refractivity contribution in [3.05, 3.63) is 106 Å². The molecule has 3 aromatic carbocycles. The van der Waals surface area contributed by atoms with Gasteiger partial charge in [0.25, 0.3) is 5.91 Å². The molecular weight excluding hydrogens is 510 g/mol. The van der Waals surface area contributed by atoms with E-state index in [0.29, 0.717) is 32.7 Å². The molecule has 0 aliphatic carbocycles. The van der Waals surface area contributed by atoms with Crippen LogP contribution in [-0.4, -0.2) is 67.0 Å². The summed E-state index contributed by atoms with van der Waals surface area (Å²) in [7, 11) is 1.88. The number of amides is 2. The van der Waals surface area contributed by atoms with Gasteiger partial charge in [0.1, 0.15) is 5.75 Å². The molecule has 41 heavy (non-hydrogen) atoms. The lowest BCUT2D eigenvalue weighted by molar-refractivity contribution is -0.132. The molecule has 0 unspecified atom stereocenters. The number of carbonyl (C=O) groups is 2. The fraction of sp³-hybridized carbons (Fsp3) is 0.371. The predicted molar refractivity (Wildman–Crippen MR) is 164 cm³/mol. The fourth-order valence-electron chi connectivity index (χ4n) is 6.05. The summed E-state index contributed by atoms with van der Waals surface area (Å²) in [4.78, 5) is 30.0. The first-order valence-electron chi connectivity index (χ1n) is 14.6. The van der Waals surface area contributed by atoms with Crippen LogP contribution in [0.5, 0.6) is 5.75 Å². The molecule has 3 aromatic rings. The number of fused-ring (bicyclic) bond motifs is 2. The van der Waals surface area contributed by atoms with Crippen molar-refractivity contribution in [1.82, 2.24) is 15.1 Å². The molecule has 1 fully saturated rings. The van der Waals surface area contributed by atoms with Crippen LogP contribution in [0.1, 0.15) is 41.2 Å². The van der Waals surface area contributed by atoms with Crippen molar-refractivity contribution >= 4 is 17.4 Å². The van der Waals surface area contributed by atoms with E-state index in [0.717, 1.165) is 35.3 Å². The minimum absolute atomic E-state index is 0.0307. The zero-order valence-electron chi connectivity index (χ0n) is 24.7. The van der Waals surface area contributed by atoms with E-state index >= 15 is 0 Å². The van der Waals surface area contributed by atoms with Gasteiger partial charge in [0.15, 0.2) is 0 Å². The van der Waals surface area contributed by atoms with E-state index in [4.69, 9.17) is 4.74 Å². The van der Waals surface area contributed by atoms with Crippen LogP contribution in [0.4, 0.5) is 0 Å². The Morgan fingerprint density at radius 3 is 2.29 bits per heavy atom. The molecule has 0 spiro atoms. The summed E-state index contributed by atoms with van der Waals surface area (Å²) in [6, 6.07) is 25.1. The molecule has 2 aliphatic rings. The second-order valence-corrected chi connectivity index (χ2v) is 11.5. The zero-order chi connectivity index (χ0) is 28.9. The molecule has 1 N–H and O–H groups in total. The molecule has 5 rings (SSSR count). The number of ether oxygens (including phenoxy) is 1. The number of carbonyl (C=O) groups excluding carboxylic acids is 2. The van der Waals surface area contributed by atoms with Gasteiger partial charge in [-0.25, -0.2) is 0 Å². The van der Waals surface area contributed by atoms with E-state index in [1.54, 1.807) is 6.92 Å². The smallest absolute Gasteiger partial charge is 0.251 e. The topological polar surface area (TPSA) is 61.9 Å². The van der Waals surface area contributed by atoms with Crippen LogP contribution in [-0.2, 0) is 22.4 Å². The second-order valence-electron chi connectivity index (χ2n) is 11.5. The van der Waals surface area contributed by atoms with Crippen LogP contribution in [0.15, 0.2) is 78.4 Å². The molecule has 0 radical (unpaired) electrons. The largest absolute Gasteiger partial charge is 0.493 e. The van der Waals surface area contributed by atoms with Crippen LogP contribution >= 0.6 is 0 Å². The van der Waals surface area contributed by atoms with Crippen LogP contribution in [0, 0.1) is 13.8 Å². The lowest BCUT2D eigenvalue weighted by atomic mass is 9.82. The third-order valence-corrected chi connectivity index (χ3v) is 8.16. The average molecular weight is 552 g/mol. The van der Waals surface area contributed by atoms with Crippen molar-refractivity contribution in [3.8, 4) is 5.75 Å². The number of rotatable bonds is 9. The molecule has 1 saturated heterocycles. The van der Waals surface area contributed by atoms with Gasteiger partial charge in [0.2, 0.25) is 5.91 Å². The van der Waals surface area contributed by atoms with Crippen LogP contribution in [0.2, 0.25) is 0 Å². The first kappa shape index (κ1) is 28.6. The van der Waals surface area contributed by atoms with Crippen molar-refractivity contribution in [3.63, 3.8) is 0 Å². The van der Waals surface area contributed by atoms with E-state index in [1.165, 1.54) is 22.3 Å². The maximum absolute atomic E-state index is 14.0. The van der Waals surface area contributed by atoms with E-state index in [1.807, 2.05) is 35.0 Å². The van der Waals surface area contributed by atoms with Crippen molar-refractivity contribution in [1.29, 1.82) is 0 Å². The van der Waals surface area contributed by atoms with Crippen LogP contribution in [0.25, 0.3) is 5.57 Å². The summed E-state index contributed by atoms with van der Waals surface area (Å²) >= 11 is 0. The summed E-state index contributed by atoms with van der Waals surface area (Å²) in [6.45, 7) is 8.19. The molecule has 6 nitrogen and oxygen atoms in total. The van der Waals surface area contributed by atoms with Crippen molar-refractivity contribution in [2.45, 2.75) is 52.1 Å². The zero-order valence-corrected chi connectivity index (χ0v) is 24.7. The molecule has 2 aliphatic heterocycles. The number of nitrogens with zero attached hydrogens (tertiary/aromatic N) is 2. The van der Waals surface area contributed by atoms with Gasteiger partial charge in [-0.15, -0.1) is 0 Å². The SMILES string of the molecule is CC(=O)N1C[C@H]2CC(c3ccc(CCOc4cc(C)cc(C)c4)cc3)=C(C(=O)N(C)CCc3ccccc3)[C@@H](C1)N2. The Balaban J connectivity index is 1.34. The fourth-order valence-corrected chi connectivity index (χ4v) is 6.05. The van der Waals surface area contributed by atoms with Gasteiger partial charge in [-0.3, -0.25) is 9.59 Å². The average Bonchev–Trinajstić information content (AvgIpc) is 2.95. The van der Waals surface area contributed by atoms with E-state index in [-0.39, 0.29) is 23.9 Å². The van der Waals surface area contributed by atoms with Crippen molar-refractivity contribution in [2.24, 2.45) is 0 Å². The Labute approximate surface area is 244 Å². The third kappa shape index (κ3) is 7.06. The Morgan fingerprint density at radius 1 is 0.927 bits per heavy atom. The summed E-state index contributed by atoms with van der Waals surface area (Å²) in [5.74, 6) is 0.995. The van der Waals surface area contributed by atoms with Crippen molar-refractivity contribution in [2.75, 3.05) is 33.3 Å². The van der Waals surface area contributed by atoms with Gasteiger partial charge in [-0.2, -0.15) is 0 Å². The molecular formula is C35H41N3O3. The first-order chi connectivity index (χ1) is 19.8. The minimum atomic E-state index is -0.182. The van der Waals surface area contributed by atoms with Crippen LogP contribution < -0.4 is 10.1 Å². The Morgan fingerprint density at radius 2 is 1.61 bits per heavy atom. The lowest BCUT2D eigenvalue weighted by Crippen LogP contribution is -2.61. The van der Waals surface area contributed by atoms with Crippen LogP contribution in [0.3, 0.4) is 0 Å². The van der Waals surface area contributed by atoms with E-state index in [2.05, 4.69) is 73.8 Å². The molecule has 0 saturated carbocycles. The summed E-state index contributed by atoms with van der Waals surface area (Å²) in [5.41, 5.74) is 7.77. The van der Waals surface area contributed by atoms with Gasteiger partial charge < -0.3 is 19.9 Å². The molecule has 2 bridgehead atoms. The maximum atomic E-state index is 14.0. The number of benzene rings is 3. The van der Waals surface area contributed by atoms with Crippen molar-refractivity contribution < 1.29 is 14.3 Å². The first-order valence-corrected chi connectivity index (χ1v) is 14.6. The number of aryl methyl sites for hydroxylation is 2. The van der Waals surface area contributed by atoms with Gasteiger partial charge in [0, 0.05) is 51.6 Å². The van der Waals surface area contributed by atoms with E-state index in [9.17, 15) is 9.59 Å². The Hall–Kier alpha value is -3.90. The quantitative estimate of drug-likeness (QED) is 0.408. The summed E-state index contributed by atoms with van der Waals surface area (Å²) in [6.07, 6.45) is 2.31. The molecule has 2 heterocycles. The lowest BCUT2D eigenvalue weighted by Gasteiger charge is -2.44. The summed E-state index contributed by atoms with van der Waals surface area (Å²) < 4.78 is 6.03. The third-order valence-electron chi connectivity index (χ3n) is 8.16. The van der Waals surface area contributed by atoms with E-state index < -0.39 is 0 Å². The number of hydrogen-bond acceptors (Lipinski definition) is 4. The highest BCUT2D eigenvalue weighted by atomic mass is 16.5. The Kier molecular flexibility index (Phi) is 8.89. The number of nitrogens with one attached hydrogen (secondary N) is 1. The summed E-state index contributed by atoms with van der Waals surface area (Å²) in [5, 5.41) is 3.64. The predicted octanol–water partition coefficient (Wildman–Crippen LogP) is 4.97. The van der Waals surface area contributed by atoms with Gasteiger partial charge in [0.05, 0.1) is 12.6 Å². The second kappa shape index (κ2) is 12.7. The standard InChI is InChI=1S/C35H41N3O3/c1-24-18-25(2)20-31(19-24)41-17-15-28-10-12-29(13-11-28)32-21-30-22-38(26(3)39)23-33(36-30)34(32)35(40)37(4)16-14-27-8-6-5-7-9-27/h5-13,18-20,30,33,36H,14-17,21-23H2,1-4H3/t30-,33-/m1/s1. The minimum Gasteiger partial charge on any atom is -0.493 e. The molecule has 2 amide bonds. The Bertz CT molecular complexity index is 1390.